The summed E-state index contributed by atoms with van der Waals surface area (Å²) in [6.45, 7) is 0. The summed E-state index contributed by atoms with van der Waals surface area (Å²) in [7, 11) is 0. The molecule has 2 rings (SSSR count). The molecule has 0 aliphatic carbocycles. The number of nitrogens with zero attached hydrogens (tertiary/aromatic N) is 3. The van der Waals surface area contributed by atoms with Gasteiger partial charge in [-0.3, -0.25) is 0 Å². The first-order valence-corrected chi connectivity index (χ1v) is 7.37. The topological polar surface area (TPSA) is 67.2 Å². The van der Waals surface area contributed by atoms with E-state index in [1.54, 1.807) is 24.3 Å². The second-order valence-electron chi connectivity index (χ2n) is 2.54. The van der Waals surface area contributed by atoms with Gasteiger partial charge in [-0.1, -0.05) is 0 Å². The van der Waals surface area contributed by atoms with E-state index in [9.17, 15) is 0 Å². The van der Waals surface area contributed by atoms with E-state index < -0.39 is 5.91 Å². The number of azide groups is 1. The summed E-state index contributed by atoms with van der Waals surface area (Å²) in [5.41, 5.74) is 8.30. The van der Waals surface area contributed by atoms with Gasteiger partial charge in [0.05, 0.1) is 0 Å². The van der Waals surface area contributed by atoms with Crippen LogP contribution in [-0.4, -0.2) is 0 Å². The van der Waals surface area contributed by atoms with Gasteiger partial charge in [0, 0.05) is 0 Å². The van der Waals surface area contributed by atoms with Gasteiger partial charge in [0.2, 0.25) is 0 Å². The number of halogens is 2. The Morgan fingerprint density at radius 3 is 2.14 bits per heavy atom. The number of benzene rings is 1. The molecule has 8 heteroatoms. The van der Waals surface area contributed by atoms with Gasteiger partial charge in [-0.05, 0) is 0 Å². The third-order valence-corrected chi connectivity index (χ3v) is 4.10. The number of hydrogen-bond donors (Lipinski definition) is 0. The van der Waals surface area contributed by atoms with E-state index in [0.29, 0.717) is 11.5 Å². The van der Waals surface area contributed by atoms with Gasteiger partial charge in [0.1, 0.15) is 0 Å². The van der Waals surface area contributed by atoms with Gasteiger partial charge >= 0.3 is 88.5 Å². The second kappa shape index (κ2) is 2.81. The molecule has 0 unspecified atom stereocenters. The molecule has 0 fully saturated rings. The van der Waals surface area contributed by atoms with E-state index in [4.69, 9.17) is 37.1 Å². The Morgan fingerprint density at radius 2 is 1.71 bits per heavy atom. The van der Waals surface area contributed by atoms with Gasteiger partial charge < -0.3 is 0 Å². The van der Waals surface area contributed by atoms with E-state index in [1.165, 1.54) is 0 Å². The molecule has 0 spiro atoms. The fourth-order valence-electron chi connectivity index (χ4n) is 1.04. The Balaban J connectivity index is 2.48. The molecule has 14 heavy (non-hydrogen) atoms. The molecule has 0 N–H and O–H groups in total. The first-order valence-electron chi connectivity index (χ1n) is 3.54. The molecule has 1 aromatic rings. The van der Waals surface area contributed by atoms with Crippen molar-refractivity contribution in [3.05, 3.63) is 34.7 Å². The molecular weight excluding hydrogens is 248 g/mol. The van der Waals surface area contributed by atoms with Gasteiger partial charge in [-0.2, -0.15) is 0 Å². The van der Waals surface area contributed by atoms with E-state index in [1.807, 2.05) is 0 Å². The summed E-state index contributed by atoms with van der Waals surface area (Å²) in [6, 6.07) is 6.71. The molecular formula is C6H4Cl2N3O2P. The molecule has 0 bridgehead atoms. The SMILES string of the molecule is [N-]=[N+]=NP1(Cl)(Cl)Oc2ccccc2O1. The van der Waals surface area contributed by atoms with E-state index in [0.717, 1.165) is 0 Å². The van der Waals surface area contributed by atoms with Crippen molar-refractivity contribution in [2.75, 3.05) is 0 Å². The molecule has 0 saturated heterocycles. The van der Waals surface area contributed by atoms with Crippen molar-refractivity contribution in [2.24, 2.45) is 4.88 Å². The van der Waals surface area contributed by atoms with Crippen molar-refractivity contribution >= 4 is 28.4 Å². The first kappa shape index (κ1) is 9.69. The molecule has 1 heterocycles. The number of fused-ring (bicyclic) bond motifs is 1. The predicted molar refractivity (Wildman–Crippen MR) is 55.5 cm³/mol. The van der Waals surface area contributed by atoms with Crippen LogP contribution in [0.4, 0.5) is 0 Å². The molecule has 1 aliphatic rings. The molecule has 1 aliphatic heterocycles. The molecule has 0 amide bonds. The maximum absolute atomic E-state index is 8.30. The minimum absolute atomic E-state index is 0.377. The van der Waals surface area contributed by atoms with Crippen molar-refractivity contribution in [2.45, 2.75) is 0 Å². The average molecular weight is 252 g/mol. The van der Waals surface area contributed by atoms with E-state index in [-0.39, 0.29) is 0 Å². The Morgan fingerprint density at radius 1 is 1.21 bits per heavy atom. The van der Waals surface area contributed by atoms with Crippen LogP contribution >= 0.6 is 28.4 Å². The Hall–Kier alpha value is -0.860. The van der Waals surface area contributed by atoms with E-state index >= 15 is 0 Å². The third kappa shape index (κ3) is 1.56. The zero-order chi connectivity index (χ0) is 10.3. The summed E-state index contributed by atoms with van der Waals surface area (Å²) in [5.74, 6) is -3.45. The fraction of sp³-hybridized carbons (Fsp3) is 0. The summed E-state index contributed by atoms with van der Waals surface area (Å²) in [4.78, 5) is 5.71. The van der Waals surface area contributed by atoms with Crippen LogP contribution in [0.3, 0.4) is 0 Å². The summed E-state index contributed by atoms with van der Waals surface area (Å²) in [5, 5.41) is 0. The van der Waals surface area contributed by atoms with Crippen LogP contribution in [0.1, 0.15) is 0 Å². The normalized spacial score (nSPS) is 22.9. The van der Waals surface area contributed by atoms with Gasteiger partial charge in [-0.15, -0.1) is 0 Å². The maximum atomic E-state index is 8.30. The molecule has 74 valence electrons. The Kier molecular flexibility index (Phi) is 1.95. The molecule has 0 radical (unpaired) electrons. The number of rotatable bonds is 1. The zero-order valence-corrected chi connectivity index (χ0v) is 9.08. The average Bonchev–Trinajstić information content (AvgIpc) is 2.35. The predicted octanol–water partition coefficient (Wildman–Crippen LogP) is 4.37. The molecule has 0 atom stereocenters. The van der Waals surface area contributed by atoms with Crippen molar-refractivity contribution < 1.29 is 9.05 Å². The number of hydrogen-bond acceptors (Lipinski definition) is 3. The second-order valence-corrected chi connectivity index (χ2v) is 8.64. The summed E-state index contributed by atoms with van der Waals surface area (Å²) in [6.07, 6.45) is 0. The van der Waals surface area contributed by atoms with Crippen LogP contribution in [0.15, 0.2) is 29.2 Å². The minimum atomic E-state index is -4.21. The first-order chi connectivity index (χ1) is 6.52. The van der Waals surface area contributed by atoms with Crippen LogP contribution in [0.5, 0.6) is 11.5 Å². The van der Waals surface area contributed by atoms with Crippen LogP contribution in [-0.2, 0) is 0 Å². The zero-order valence-electron chi connectivity index (χ0n) is 6.67. The van der Waals surface area contributed by atoms with Crippen LogP contribution in [0, 0.1) is 0 Å². The van der Waals surface area contributed by atoms with Crippen LogP contribution < -0.4 is 9.05 Å². The molecule has 0 aromatic heterocycles. The van der Waals surface area contributed by atoms with Crippen molar-refractivity contribution in [3.63, 3.8) is 0 Å². The molecule has 1 aromatic carbocycles. The third-order valence-electron chi connectivity index (χ3n) is 1.52. The monoisotopic (exact) mass is 251 g/mol. The van der Waals surface area contributed by atoms with Crippen LogP contribution in [0.2, 0.25) is 0 Å². The summed E-state index contributed by atoms with van der Waals surface area (Å²) >= 11 is 11.6. The fourth-order valence-corrected chi connectivity index (χ4v) is 3.28. The van der Waals surface area contributed by atoms with Crippen LogP contribution in [0.25, 0.3) is 10.4 Å². The van der Waals surface area contributed by atoms with Crippen molar-refractivity contribution in [1.29, 1.82) is 0 Å². The Bertz CT molecular complexity index is 417. The summed E-state index contributed by atoms with van der Waals surface area (Å²) < 4.78 is 10.3. The van der Waals surface area contributed by atoms with Gasteiger partial charge in [-0.25, -0.2) is 0 Å². The van der Waals surface area contributed by atoms with Crippen molar-refractivity contribution in [1.82, 2.24) is 0 Å². The van der Waals surface area contributed by atoms with Crippen molar-refractivity contribution in [3.8, 4) is 11.5 Å². The van der Waals surface area contributed by atoms with Gasteiger partial charge in [0.15, 0.2) is 0 Å². The van der Waals surface area contributed by atoms with Gasteiger partial charge in [0.25, 0.3) is 0 Å². The standard InChI is InChI=1S/C6H4Cl2N3O2P/c7-14(8,11-10-9)12-5-3-1-2-4-6(5)13-14/h1-4H. The van der Waals surface area contributed by atoms with E-state index in [2.05, 4.69) is 9.80 Å². The quantitative estimate of drug-likeness (QED) is 0.322. The molecule has 5 nitrogen and oxygen atoms in total. The molecule has 0 saturated carbocycles. The number of para-hydroxylation sites is 2. The Labute approximate surface area is 88.9 Å².